The van der Waals surface area contributed by atoms with Gasteiger partial charge in [-0.3, -0.25) is 9.89 Å². The van der Waals surface area contributed by atoms with Crippen LogP contribution >= 0.6 is 0 Å². The summed E-state index contributed by atoms with van der Waals surface area (Å²) in [5, 5.41) is 7.42. The van der Waals surface area contributed by atoms with E-state index in [2.05, 4.69) is 20.2 Å². The van der Waals surface area contributed by atoms with Crippen molar-refractivity contribution in [1.82, 2.24) is 29.4 Å². The summed E-state index contributed by atoms with van der Waals surface area (Å²) in [5.74, 6) is 0.0151. The van der Waals surface area contributed by atoms with Crippen molar-refractivity contribution in [1.29, 1.82) is 0 Å². The Morgan fingerprint density at radius 3 is 2.58 bits per heavy atom. The van der Waals surface area contributed by atoms with Gasteiger partial charge in [0.2, 0.25) is 0 Å². The maximum atomic E-state index is 14.3. The normalized spacial score (nSPS) is 11.3. The van der Waals surface area contributed by atoms with E-state index >= 15 is 0 Å². The number of aryl methyl sites for hydroxylation is 1. The Hall–Kier alpha value is -4.14. The zero-order valence-corrected chi connectivity index (χ0v) is 16.4. The van der Waals surface area contributed by atoms with Crippen LogP contribution in [0.2, 0.25) is 0 Å². The number of halogens is 2. The Morgan fingerprint density at radius 2 is 1.81 bits per heavy atom. The van der Waals surface area contributed by atoms with Crippen molar-refractivity contribution in [2.75, 3.05) is 0 Å². The lowest BCUT2D eigenvalue weighted by Gasteiger charge is -2.06. The first-order valence-electron chi connectivity index (χ1n) is 9.52. The Morgan fingerprint density at radius 1 is 1.03 bits per heavy atom. The predicted octanol–water partition coefficient (Wildman–Crippen LogP) is 3.58. The van der Waals surface area contributed by atoms with Crippen LogP contribution in [0, 0.1) is 18.6 Å². The van der Waals surface area contributed by atoms with Crippen LogP contribution in [0.25, 0.3) is 28.4 Å². The second-order valence-electron chi connectivity index (χ2n) is 7.10. The summed E-state index contributed by atoms with van der Waals surface area (Å²) in [7, 11) is 0. The van der Waals surface area contributed by atoms with E-state index in [4.69, 9.17) is 0 Å². The summed E-state index contributed by atoms with van der Waals surface area (Å²) < 4.78 is 30.5. The zero-order chi connectivity index (χ0) is 21.5. The standard InChI is InChI=1S/C22H16F2N6O/c1-13-10-19(31)30-22(26-13)17(11-25-30)21-27-20(14-6-8-16(23)9-7-14)28-29(21)12-15-4-2-3-5-18(15)24/h2-11,25H,12H2,1H3. The minimum atomic E-state index is -0.370. The highest BCUT2D eigenvalue weighted by molar-refractivity contribution is 5.73. The average Bonchev–Trinajstić information content (AvgIpc) is 3.34. The van der Waals surface area contributed by atoms with E-state index in [0.29, 0.717) is 39.7 Å². The molecule has 9 heteroatoms. The Labute approximate surface area is 174 Å². The van der Waals surface area contributed by atoms with Crippen LogP contribution in [-0.4, -0.2) is 29.4 Å². The molecule has 7 nitrogen and oxygen atoms in total. The summed E-state index contributed by atoms with van der Waals surface area (Å²) in [6.07, 6.45) is 1.61. The first-order chi connectivity index (χ1) is 15.0. The summed E-state index contributed by atoms with van der Waals surface area (Å²) in [5.41, 5.74) is 2.27. The molecule has 0 saturated carbocycles. The van der Waals surface area contributed by atoms with Gasteiger partial charge in [-0.1, -0.05) is 18.2 Å². The van der Waals surface area contributed by atoms with Gasteiger partial charge in [0.05, 0.1) is 12.1 Å². The van der Waals surface area contributed by atoms with Gasteiger partial charge in [-0.15, -0.1) is 0 Å². The van der Waals surface area contributed by atoms with Gasteiger partial charge in [-0.05, 0) is 37.3 Å². The molecule has 154 valence electrons. The Kier molecular flexibility index (Phi) is 4.43. The fraction of sp³-hybridized carbons (Fsp3) is 0.0909. The highest BCUT2D eigenvalue weighted by Crippen LogP contribution is 2.26. The van der Waals surface area contributed by atoms with Crippen molar-refractivity contribution < 1.29 is 8.78 Å². The molecule has 1 N–H and O–H groups in total. The average molecular weight is 418 g/mol. The topological polar surface area (TPSA) is 80.9 Å². The van der Waals surface area contributed by atoms with Crippen molar-refractivity contribution in [3.05, 3.63) is 94.0 Å². The van der Waals surface area contributed by atoms with Crippen LogP contribution < -0.4 is 5.56 Å². The molecular formula is C22H16F2N6O. The van der Waals surface area contributed by atoms with E-state index in [9.17, 15) is 13.6 Å². The van der Waals surface area contributed by atoms with Crippen molar-refractivity contribution in [3.8, 4) is 22.8 Å². The zero-order valence-electron chi connectivity index (χ0n) is 16.4. The van der Waals surface area contributed by atoms with Crippen LogP contribution in [0.15, 0.2) is 65.6 Å². The van der Waals surface area contributed by atoms with Gasteiger partial charge in [-0.2, -0.15) is 5.10 Å². The second kappa shape index (κ2) is 7.28. The Bertz CT molecular complexity index is 1470. The number of aromatic nitrogens is 6. The van der Waals surface area contributed by atoms with E-state index in [1.807, 2.05) is 0 Å². The number of hydrogen-bond acceptors (Lipinski definition) is 4. The van der Waals surface area contributed by atoms with Crippen molar-refractivity contribution >= 4 is 5.65 Å². The third kappa shape index (κ3) is 3.39. The van der Waals surface area contributed by atoms with Gasteiger partial charge < -0.3 is 0 Å². The van der Waals surface area contributed by atoms with Crippen molar-refractivity contribution in [2.45, 2.75) is 13.5 Å². The highest BCUT2D eigenvalue weighted by Gasteiger charge is 2.19. The van der Waals surface area contributed by atoms with E-state index in [1.54, 1.807) is 48.1 Å². The SMILES string of the molecule is Cc1cc(=O)n2[nH]cc(-c3nc(-c4ccc(F)cc4)nn3Cc3ccccc3F)c2n1. The fourth-order valence-electron chi connectivity index (χ4n) is 3.42. The largest absolute Gasteiger partial charge is 0.296 e. The molecular weight excluding hydrogens is 402 g/mol. The molecule has 31 heavy (non-hydrogen) atoms. The molecule has 0 bridgehead atoms. The summed E-state index contributed by atoms with van der Waals surface area (Å²) in [4.78, 5) is 21.4. The van der Waals surface area contributed by atoms with Crippen molar-refractivity contribution in [3.63, 3.8) is 0 Å². The number of benzene rings is 2. The number of rotatable bonds is 4. The predicted molar refractivity (Wildman–Crippen MR) is 110 cm³/mol. The molecule has 2 aromatic carbocycles. The number of fused-ring (bicyclic) bond motifs is 1. The highest BCUT2D eigenvalue weighted by atomic mass is 19.1. The fourth-order valence-corrected chi connectivity index (χ4v) is 3.42. The molecule has 0 aliphatic heterocycles. The second-order valence-corrected chi connectivity index (χ2v) is 7.10. The number of nitrogens with zero attached hydrogens (tertiary/aromatic N) is 5. The van der Waals surface area contributed by atoms with Crippen LogP contribution in [-0.2, 0) is 6.54 Å². The third-order valence-corrected chi connectivity index (χ3v) is 4.92. The smallest absolute Gasteiger partial charge is 0.272 e. The van der Waals surface area contributed by atoms with Crippen LogP contribution in [0.5, 0.6) is 0 Å². The molecule has 0 saturated heterocycles. The van der Waals surface area contributed by atoms with E-state index in [0.717, 1.165) is 0 Å². The molecule has 3 aromatic heterocycles. The third-order valence-electron chi connectivity index (χ3n) is 4.92. The first kappa shape index (κ1) is 18.9. The van der Waals surface area contributed by atoms with Gasteiger partial charge >= 0.3 is 0 Å². The van der Waals surface area contributed by atoms with Crippen LogP contribution in [0.1, 0.15) is 11.3 Å². The van der Waals surface area contributed by atoms with Gasteiger partial charge in [0.25, 0.3) is 5.56 Å². The minimum Gasteiger partial charge on any atom is -0.296 e. The lowest BCUT2D eigenvalue weighted by atomic mass is 10.2. The maximum absolute atomic E-state index is 14.3. The monoisotopic (exact) mass is 418 g/mol. The molecule has 5 rings (SSSR count). The number of H-pyrrole nitrogens is 1. The lowest BCUT2D eigenvalue weighted by molar-refractivity contribution is 0.587. The quantitative estimate of drug-likeness (QED) is 0.484. The van der Waals surface area contributed by atoms with Gasteiger partial charge in [0.15, 0.2) is 17.3 Å². The first-order valence-corrected chi connectivity index (χ1v) is 9.52. The minimum absolute atomic E-state index is 0.115. The van der Waals surface area contributed by atoms with Crippen LogP contribution in [0.4, 0.5) is 8.78 Å². The van der Waals surface area contributed by atoms with Gasteiger partial charge in [0, 0.05) is 29.1 Å². The van der Waals surface area contributed by atoms with Gasteiger partial charge in [0.1, 0.15) is 11.6 Å². The lowest BCUT2D eigenvalue weighted by Crippen LogP contribution is -2.14. The molecule has 0 aliphatic carbocycles. The number of hydrogen-bond donors (Lipinski definition) is 1. The molecule has 0 spiro atoms. The molecule has 0 unspecified atom stereocenters. The molecule has 0 radical (unpaired) electrons. The molecule has 5 aromatic rings. The Balaban J connectivity index is 1.71. The maximum Gasteiger partial charge on any atom is 0.272 e. The van der Waals surface area contributed by atoms with E-state index in [-0.39, 0.29) is 23.7 Å². The molecule has 0 aliphatic rings. The molecule has 3 heterocycles. The number of nitrogens with one attached hydrogen (secondary N) is 1. The summed E-state index contributed by atoms with van der Waals surface area (Å²) in [6.45, 7) is 1.84. The number of aromatic amines is 1. The molecule has 0 fully saturated rings. The van der Waals surface area contributed by atoms with Crippen molar-refractivity contribution in [2.24, 2.45) is 0 Å². The van der Waals surface area contributed by atoms with Crippen LogP contribution in [0.3, 0.4) is 0 Å². The summed E-state index contributed by atoms with van der Waals surface area (Å²) in [6, 6.07) is 13.6. The molecule has 0 atom stereocenters. The van der Waals surface area contributed by atoms with E-state index in [1.165, 1.54) is 28.8 Å². The van der Waals surface area contributed by atoms with E-state index < -0.39 is 0 Å². The summed E-state index contributed by atoms with van der Waals surface area (Å²) >= 11 is 0. The molecule has 0 amide bonds. The van der Waals surface area contributed by atoms with Gasteiger partial charge in [-0.25, -0.2) is 27.9 Å².